The van der Waals surface area contributed by atoms with Crippen molar-refractivity contribution >= 4 is 24.2 Å². The third kappa shape index (κ3) is 4.33. The lowest BCUT2D eigenvalue weighted by Crippen LogP contribution is -2.62. The summed E-state index contributed by atoms with van der Waals surface area (Å²) in [5.41, 5.74) is -1.94. The first kappa shape index (κ1) is 20.1. The fourth-order valence-electron chi connectivity index (χ4n) is 2.65. The Morgan fingerprint density at radius 1 is 0.792 bits per heavy atom. The van der Waals surface area contributed by atoms with E-state index in [0.717, 1.165) is 6.42 Å². The molecule has 0 aromatic carbocycles. The quantitative estimate of drug-likeness (QED) is 0.398. The molecule has 0 spiro atoms. The molecule has 1 fully saturated rings. The zero-order valence-electron chi connectivity index (χ0n) is 14.5. The lowest BCUT2D eigenvalue weighted by molar-refractivity contribution is -0.283. The summed E-state index contributed by atoms with van der Waals surface area (Å²) in [5, 5.41) is 0. The molecule has 7 heteroatoms. The molecule has 0 aromatic rings. The van der Waals surface area contributed by atoms with Crippen molar-refractivity contribution in [2.75, 3.05) is 0 Å². The molecule has 7 nitrogen and oxygen atoms in total. The standard InChI is InChI=1S/C17H25O7/c1-4-13(19)22-16(12-18)10-8-7-9-11-17(16,23-14(20)5-2)24-15(21)6-3/h4-11H2,1-3H3. The normalized spacial score (nSPS) is 22.8. The molecule has 1 aliphatic rings. The van der Waals surface area contributed by atoms with Crippen molar-refractivity contribution in [2.45, 2.75) is 83.5 Å². The topological polar surface area (TPSA) is 96.0 Å². The molecule has 0 aromatic heterocycles. The van der Waals surface area contributed by atoms with Gasteiger partial charge in [-0.3, -0.25) is 19.2 Å². The van der Waals surface area contributed by atoms with E-state index in [1.54, 1.807) is 27.1 Å². The number of carbonyl (C=O) groups is 3. The molecule has 135 valence electrons. The van der Waals surface area contributed by atoms with Crippen molar-refractivity contribution in [1.82, 2.24) is 0 Å². The molecule has 0 saturated heterocycles. The van der Waals surface area contributed by atoms with E-state index in [1.807, 2.05) is 0 Å². The maximum absolute atomic E-state index is 11.9. The Balaban J connectivity index is 3.40. The Labute approximate surface area is 142 Å². The third-order valence-electron chi connectivity index (χ3n) is 4.03. The first-order valence-electron chi connectivity index (χ1n) is 8.43. The highest BCUT2D eigenvalue weighted by molar-refractivity contribution is 5.78. The second-order valence-corrected chi connectivity index (χ2v) is 5.73. The van der Waals surface area contributed by atoms with Gasteiger partial charge in [-0.05, 0) is 12.8 Å². The summed E-state index contributed by atoms with van der Waals surface area (Å²) in [6, 6.07) is 0. The fourth-order valence-corrected chi connectivity index (χ4v) is 2.65. The van der Waals surface area contributed by atoms with E-state index in [1.165, 1.54) is 0 Å². The highest BCUT2D eigenvalue weighted by Gasteiger charge is 2.62. The minimum Gasteiger partial charge on any atom is -0.442 e. The van der Waals surface area contributed by atoms with Gasteiger partial charge in [0.15, 0.2) is 0 Å². The summed E-state index contributed by atoms with van der Waals surface area (Å²) in [4.78, 5) is 47.6. The summed E-state index contributed by atoms with van der Waals surface area (Å²) in [7, 11) is 0. The predicted octanol–water partition coefficient (Wildman–Crippen LogP) is 2.35. The van der Waals surface area contributed by atoms with Gasteiger partial charge in [0.05, 0.1) is 0 Å². The van der Waals surface area contributed by atoms with Crippen LogP contribution >= 0.6 is 0 Å². The number of esters is 3. The Kier molecular flexibility index (Phi) is 7.38. The SMILES string of the molecule is CCC(=O)OC1([C]=O)CCCCCC1(OC(=O)CC)OC(=O)CC. The van der Waals surface area contributed by atoms with Crippen molar-refractivity contribution in [1.29, 1.82) is 0 Å². The smallest absolute Gasteiger partial charge is 0.308 e. The van der Waals surface area contributed by atoms with Crippen LogP contribution in [0.15, 0.2) is 0 Å². The average molecular weight is 341 g/mol. The molecule has 0 bridgehead atoms. The molecule has 0 N–H and O–H groups in total. The molecule has 0 aliphatic heterocycles. The Morgan fingerprint density at radius 2 is 1.25 bits per heavy atom. The molecule has 1 aliphatic carbocycles. The highest BCUT2D eigenvalue weighted by atomic mass is 16.8. The Bertz CT molecular complexity index is 467. The maximum Gasteiger partial charge on any atom is 0.308 e. The number of ether oxygens (including phenoxy) is 3. The van der Waals surface area contributed by atoms with Gasteiger partial charge >= 0.3 is 23.7 Å². The lowest BCUT2D eigenvalue weighted by atomic mass is 9.88. The molecule has 1 atom stereocenters. The Hall–Kier alpha value is -1.92. The summed E-state index contributed by atoms with van der Waals surface area (Å²) in [5.74, 6) is -3.90. The van der Waals surface area contributed by atoms with Crippen molar-refractivity contribution in [3.8, 4) is 0 Å². The van der Waals surface area contributed by atoms with Crippen LogP contribution in [0.3, 0.4) is 0 Å². The van der Waals surface area contributed by atoms with E-state index in [4.69, 9.17) is 14.2 Å². The average Bonchev–Trinajstić information content (AvgIpc) is 2.74. The van der Waals surface area contributed by atoms with E-state index in [0.29, 0.717) is 12.8 Å². The van der Waals surface area contributed by atoms with Crippen LogP contribution in [0.2, 0.25) is 0 Å². The first-order chi connectivity index (χ1) is 11.4. The maximum atomic E-state index is 11.9. The van der Waals surface area contributed by atoms with E-state index in [2.05, 4.69) is 0 Å². The zero-order chi connectivity index (χ0) is 18.2. The molecule has 1 radical (unpaired) electrons. The van der Waals surface area contributed by atoms with E-state index in [9.17, 15) is 19.2 Å². The summed E-state index contributed by atoms with van der Waals surface area (Å²) < 4.78 is 16.2. The number of rotatable bonds is 7. The van der Waals surface area contributed by atoms with Crippen LogP contribution in [0.25, 0.3) is 0 Å². The van der Waals surface area contributed by atoms with Crippen LogP contribution in [0.1, 0.15) is 72.1 Å². The van der Waals surface area contributed by atoms with Crippen molar-refractivity contribution in [3.05, 3.63) is 0 Å². The number of carbonyl (C=O) groups excluding carboxylic acids is 4. The van der Waals surface area contributed by atoms with Crippen molar-refractivity contribution in [2.24, 2.45) is 0 Å². The fraction of sp³-hybridized carbons (Fsp3) is 0.765. The van der Waals surface area contributed by atoms with Gasteiger partial charge in [0.2, 0.25) is 0 Å². The van der Waals surface area contributed by atoms with Gasteiger partial charge in [-0.25, -0.2) is 0 Å². The predicted molar refractivity (Wildman–Crippen MR) is 83.4 cm³/mol. The molecular weight excluding hydrogens is 316 g/mol. The van der Waals surface area contributed by atoms with Crippen LogP contribution in [-0.2, 0) is 33.4 Å². The van der Waals surface area contributed by atoms with E-state index in [-0.39, 0.29) is 32.1 Å². The highest BCUT2D eigenvalue weighted by Crippen LogP contribution is 2.42. The molecule has 1 saturated carbocycles. The van der Waals surface area contributed by atoms with Gasteiger partial charge in [-0.15, -0.1) is 0 Å². The largest absolute Gasteiger partial charge is 0.442 e. The minimum atomic E-state index is -1.96. The number of hydrogen-bond donors (Lipinski definition) is 0. The Morgan fingerprint density at radius 3 is 1.71 bits per heavy atom. The zero-order valence-corrected chi connectivity index (χ0v) is 14.5. The van der Waals surface area contributed by atoms with Gasteiger partial charge < -0.3 is 14.2 Å². The van der Waals surface area contributed by atoms with Gasteiger partial charge in [0, 0.05) is 32.1 Å². The lowest BCUT2D eigenvalue weighted by Gasteiger charge is -2.42. The third-order valence-corrected chi connectivity index (χ3v) is 4.03. The summed E-state index contributed by atoms with van der Waals surface area (Å²) >= 11 is 0. The van der Waals surface area contributed by atoms with E-state index >= 15 is 0 Å². The molecule has 24 heavy (non-hydrogen) atoms. The van der Waals surface area contributed by atoms with E-state index < -0.39 is 29.3 Å². The molecule has 0 heterocycles. The van der Waals surface area contributed by atoms with Crippen LogP contribution in [0, 0.1) is 0 Å². The summed E-state index contributed by atoms with van der Waals surface area (Å²) in [6.07, 6.45) is 3.81. The van der Waals surface area contributed by atoms with Gasteiger partial charge in [0.25, 0.3) is 11.9 Å². The van der Waals surface area contributed by atoms with Gasteiger partial charge in [0.1, 0.15) is 0 Å². The minimum absolute atomic E-state index is 0.0298. The molecule has 1 rings (SSSR count). The molecule has 0 amide bonds. The second-order valence-electron chi connectivity index (χ2n) is 5.73. The molecule has 1 unspecified atom stereocenters. The van der Waals surface area contributed by atoms with Crippen LogP contribution in [0.4, 0.5) is 0 Å². The van der Waals surface area contributed by atoms with Crippen LogP contribution < -0.4 is 0 Å². The monoisotopic (exact) mass is 341 g/mol. The second kappa shape index (κ2) is 8.80. The van der Waals surface area contributed by atoms with Crippen LogP contribution in [0.5, 0.6) is 0 Å². The van der Waals surface area contributed by atoms with Crippen molar-refractivity contribution < 1.29 is 33.4 Å². The van der Waals surface area contributed by atoms with Crippen molar-refractivity contribution in [3.63, 3.8) is 0 Å². The van der Waals surface area contributed by atoms with Gasteiger partial charge in [-0.2, -0.15) is 0 Å². The first-order valence-corrected chi connectivity index (χ1v) is 8.43. The number of hydrogen-bond acceptors (Lipinski definition) is 7. The van der Waals surface area contributed by atoms with Gasteiger partial charge in [-0.1, -0.05) is 27.2 Å². The summed E-state index contributed by atoms with van der Waals surface area (Å²) in [6.45, 7) is 4.74. The molecular formula is C17H25O7. The van der Waals surface area contributed by atoms with Crippen LogP contribution in [-0.4, -0.2) is 35.6 Å².